The molecule has 3 heterocycles. The summed E-state index contributed by atoms with van der Waals surface area (Å²) in [7, 11) is -2.03. The van der Waals surface area contributed by atoms with Gasteiger partial charge in [0.2, 0.25) is 8.32 Å². The third-order valence-corrected chi connectivity index (χ3v) is 16.0. The molecular weight excluding hydrogens is 718 g/mol. The summed E-state index contributed by atoms with van der Waals surface area (Å²) in [6, 6.07) is 13.6. The summed E-state index contributed by atoms with van der Waals surface area (Å²) in [6.07, 6.45) is 4.37. The predicted molar refractivity (Wildman–Crippen MR) is 203 cm³/mol. The van der Waals surface area contributed by atoms with Crippen LogP contribution in [-0.4, -0.2) is 93.8 Å². The Hall–Kier alpha value is -4.70. The van der Waals surface area contributed by atoms with Crippen molar-refractivity contribution < 1.29 is 52.9 Å². The summed E-state index contributed by atoms with van der Waals surface area (Å²) in [5, 5.41) is 36.5. The van der Waals surface area contributed by atoms with Crippen molar-refractivity contribution in [1.82, 2.24) is 15.0 Å². The van der Waals surface area contributed by atoms with Crippen LogP contribution in [0.4, 0.5) is 4.39 Å². The molecule has 1 unspecified atom stereocenters. The summed E-state index contributed by atoms with van der Waals surface area (Å²) in [6.45, 7) is 19.3. The monoisotopic (exact) mass is 769 g/mol. The molecule has 0 amide bonds. The summed E-state index contributed by atoms with van der Waals surface area (Å²) in [4.78, 5) is 43.4. The second-order valence-electron chi connectivity index (χ2n) is 14.3. The number of aliphatic carboxylic acids is 4. The van der Waals surface area contributed by atoms with E-state index in [1.807, 2.05) is 6.07 Å². The van der Waals surface area contributed by atoms with E-state index in [9.17, 15) is 23.6 Å². The molecule has 2 aromatic carbocycles. The molecule has 2 aliphatic rings. The van der Waals surface area contributed by atoms with Gasteiger partial charge in [-0.1, -0.05) is 71.0 Å². The lowest BCUT2D eigenvalue weighted by Crippen LogP contribution is -2.50. The lowest BCUT2D eigenvalue weighted by atomic mass is 9.91. The zero-order valence-corrected chi connectivity index (χ0v) is 32.6. The molecule has 2 aliphatic heterocycles. The van der Waals surface area contributed by atoms with Gasteiger partial charge < -0.3 is 34.3 Å². The third-order valence-electron chi connectivity index (χ3n) is 9.93. The molecule has 0 spiro atoms. The van der Waals surface area contributed by atoms with E-state index in [0.29, 0.717) is 52.4 Å². The first-order chi connectivity index (χ1) is 25.5. The van der Waals surface area contributed by atoms with Crippen molar-refractivity contribution in [2.75, 3.05) is 26.2 Å². The van der Waals surface area contributed by atoms with E-state index < -0.39 is 32.2 Å². The second kappa shape index (κ2) is 20.1. The number of fused-ring (bicyclic) bond motifs is 2. The Balaban J connectivity index is 0.000000410. The van der Waals surface area contributed by atoms with Crippen LogP contribution in [0.2, 0.25) is 16.6 Å². The molecule has 0 radical (unpaired) electrons. The van der Waals surface area contributed by atoms with Gasteiger partial charge in [0.25, 0.3) is 0 Å². The first kappa shape index (κ1) is 43.7. The van der Waals surface area contributed by atoms with E-state index in [0.717, 1.165) is 56.6 Å². The van der Waals surface area contributed by atoms with Crippen LogP contribution in [-0.2, 0) is 30.1 Å². The Labute approximate surface area is 315 Å². The number of halogens is 1. The molecule has 1 fully saturated rings. The Morgan fingerprint density at radius 3 is 1.85 bits per heavy atom. The van der Waals surface area contributed by atoms with Crippen molar-refractivity contribution in [3.05, 3.63) is 89.4 Å². The van der Waals surface area contributed by atoms with E-state index in [1.54, 1.807) is 0 Å². The molecule has 54 heavy (non-hydrogen) atoms. The third kappa shape index (κ3) is 11.9. The standard InChI is InChI=1S/C31H44FN3O2Si.2C4H4O4/c1-21(2)38(22(3)4,23(5)6)37-31-27-10-8-7-9-25(27)20-35(31)18-17-34-15-13-24(14-16-34)30-28-12-11-26(32)19-29(28)36-33-30;2*5-3(6)1-2-4(7)8/h7-12,19,21-24,31H,13-18,20H2,1-6H3;2*1-2H,(H,5,6)(H,7,8). The molecule has 0 bridgehead atoms. The minimum atomic E-state index is -2.03. The van der Waals surface area contributed by atoms with Gasteiger partial charge in [-0.05, 0) is 65.8 Å². The van der Waals surface area contributed by atoms with Gasteiger partial charge in [0.05, 0.1) is 5.69 Å². The fourth-order valence-electron chi connectivity index (χ4n) is 7.56. The normalized spacial score (nSPS) is 16.8. The molecular formula is C39H52FN3O10Si. The van der Waals surface area contributed by atoms with Crippen LogP contribution in [0.5, 0.6) is 0 Å². The number of hydrogen-bond acceptors (Lipinski definition) is 9. The Morgan fingerprint density at radius 1 is 0.833 bits per heavy atom. The van der Waals surface area contributed by atoms with E-state index in [4.69, 9.17) is 29.4 Å². The Bertz CT molecular complexity index is 1710. The average molecular weight is 770 g/mol. The number of piperidine rings is 1. The lowest BCUT2D eigenvalue weighted by Gasteiger charge is -2.46. The molecule has 3 aromatic rings. The number of carboxylic acids is 4. The van der Waals surface area contributed by atoms with Crippen LogP contribution in [0.1, 0.15) is 83.4 Å². The molecule has 1 atom stereocenters. The molecule has 5 rings (SSSR count). The molecule has 294 valence electrons. The minimum Gasteiger partial charge on any atom is -0.478 e. The molecule has 0 saturated carbocycles. The predicted octanol–water partition coefficient (Wildman–Crippen LogP) is 7.28. The molecule has 1 aromatic heterocycles. The minimum absolute atomic E-state index is 0.0458. The zero-order valence-electron chi connectivity index (χ0n) is 31.6. The van der Waals surface area contributed by atoms with E-state index in [2.05, 4.69) is 80.8 Å². The highest BCUT2D eigenvalue weighted by Gasteiger charge is 2.49. The average Bonchev–Trinajstić information content (AvgIpc) is 3.68. The van der Waals surface area contributed by atoms with Crippen molar-refractivity contribution in [3.8, 4) is 0 Å². The van der Waals surface area contributed by atoms with Gasteiger partial charge in [-0.25, -0.2) is 23.6 Å². The number of rotatable bonds is 13. The first-order valence-corrected chi connectivity index (χ1v) is 20.1. The quantitative estimate of drug-likeness (QED) is 0.100. The molecule has 4 N–H and O–H groups in total. The number of likely N-dealkylation sites (tertiary alicyclic amines) is 1. The zero-order chi connectivity index (χ0) is 40.2. The maximum atomic E-state index is 13.6. The summed E-state index contributed by atoms with van der Waals surface area (Å²) in [5.74, 6) is -4.95. The number of hydrogen-bond donors (Lipinski definition) is 4. The summed E-state index contributed by atoms with van der Waals surface area (Å²) < 4.78 is 26.4. The Kier molecular flexibility index (Phi) is 16.3. The van der Waals surface area contributed by atoms with Crippen LogP contribution in [0.3, 0.4) is 0 Å². The van der Waals surface area contributed by atoms with Gasteiger partial charge in [-0.3, -0.25) is 4.90 Å². The first-order valence-electron chi connectivity index (χ1n) is 18.0. The molecule has 1 saturated heterocycles. The van der Waals surface area contributed by atoms with E-state index >= 15 is 0 Å². The van der Waals surface area contributed by atoms with Crippen molar-refractivity contribution in [2.24, 2.45) is 0 Å². The smallest absolute Gasteiger partial charge is 0.328 e. The largest absolute Gasteiger partial charge is 0.478 e. The molecule has 15 heteroatoms. The highest BCUT2D eigenvalue weighted by atomic mass is 28.4. The SMILES string of the molecule is CC(C)[Si](OC1c2ccccc2CN1CCN1CCC(c2noc3cc(F)ccc23)CC1)(C(C)C)C(C)C.O=C(O)C=CC(=O)O.O=C(O)C=CC(=O)O. The van der Waals surface area contributed by atoms with Crippen molar-refractivity contribution in [2.45, 2.75) is 89.7 Å². The molecule has 0 aliphatic carbocycles. The summed E-state index contributed by atoms with van der Waals surface area (Å²) in [5.41, 5.74) is 5.97. The van der Waals surface area contributed by atoms with Gasteiger partial charge in [-0.2, -0.15) is 0 Å². The second-order valence-corrected chi connectivity index (χ2v) is 19.7. The van der Waals surface area contributed by atoms with E-state index in [-0.39, 0.29) is 12.0 Å². The van der Waals surface area contributed by atoms with Crippen LogP contribution in [0, 0.1) is 5.82 Å². The van der Waals surface area contributed by atoms with E-state index in [1.165, 1.54) is 23.3 Å². The fourth-order valence-corrected chi connectivity index (χ4v) is 13.0. The number of nitrogens with zero attached hydrogens (tertiary/aromatic N) is 3. The number of carbonyl (C=O) groups is 4. The van der Waals surface area contributed by atoms with Crippen LogP contribution >= 0.6 is 0 Å². The lowest BCUT2D eigenvalue weighted by molar-refractivity contribution is -0.134. The van der Waals surface area contributed by atoms with Gasteiger partial charge >= 0.3 is 23.9 Å². The van der Waals surface area contributed by atoms with Crippen LogP contribution in [0.15, 0.2) is 71.3 Å². The fraction of sp³-hybridized carbons (Fsp3) is 0.462. The number of aromatic nitrogens is 1. The van der Waals surface area contributed by atoms with Crippen molar-refractivity contribution >= 4 is 43.2 Å². The maximum absolute atomic E-state index is 13.6. The van der Waals surface area contributed by atoms with Gasteiger partial charge in [0.1, 0.15) is 12.0 Å². The number of benzene rings is 2. The van der Waals surface area contributed by atoms with Crippen molar-refractivity contribution in [3.63, 3.8) is 0 Å². The summed E-state index contributed by atoms with van der Waals surface area (Å²) >= 11 is 0. The van der Waals surface area contributed by atoms with Crippen LogP contribution < -0.4 is 0 Å². The van der Waals surface area contributed by atoms with Crippen LogP contribution in [0.25, 0.3) is 11.0 Å². The van der Waals surface area contributed by atoms with Gasteiger partial charge in [-0.15, -0.1) is 0 Å². The highest BCUT2D eigenvalue weighted by Crippen LogP contribution is 2.48. The molecule has 13 nitrogen and oxygen atoms in total. The highest BCUT2D eigenvalue weighted by molar-refractivity contribution is 6.77. The van der Waals surface area contributed by atoms with Gasteiger partial charge in [0.15, 0.2) is 5.58 Å². The van der Waals surface area contributed by atoms with Gasteiger partial charge in [0, 0.05) is 61.3 Å². The Morgan fingerprint density at radius 2 is 1.35 bits per heavy atom. The topological polar surface area (TPSA) is 191 Å². The van der Waals surface area contributed by atoms with Crippen molar-refractivity contribution in [1.29, 1.82) is 0 Å². The number of carboxylic acid groups (broad SMARTS) is 4. The maximum Gasteiger partial charge on any atom is 0.328 e.